The molecule has 0 spiro atoms. The maximum absolute atomic E-state index is 3.55. The van der Waals surface area contributed by atoms with Crippen LogP contribution in [0.25, 0.3) is 0 Å². The van der Waals surface area contributed by atoms with Crippen molar-refractivity contribution in [2.24, 2.45) is 0 Å². The Labute approximate surface area is 74.3 Å². The maximum atomic E-state index is 3.55. The Balaban J connectivity index is 2.01. The standard InChI is InChI=1S/C9H19NS/c1-3-8(2)10-7-9-5-4-6-11-9/h8-10H,3-7H2,1-2H3. The van der Waals surface area contributed by atoms with Crippen LogP contribution in [0.5, 0.6) is 0 Å². The van der Waals surface area contributed by atoms with Crippen molar-refractivity contribution in [3.8, 4) is 0 Å². The molecule has 1 N–H and O–H groups in total. The highest BCUT2D eigenvalue weighted by molar-refractivity contribution is 8.00. The van der Waals surface area contributed by atoms with Crippen molar-refractivity contribution in [3.63, 3.8) is 0 Å². The van der Waals surface area contributed by atoms with Gasteiger partial charge in [0.25, 0.3) is 0 Å². The lowest BCUT2D eigenvalue weighted by Crippen LogP contribution is -2.30. The Hall–Kier alpha value is 0.310. The first-order valence-corrected chi connectivity index (χ1v) is 5.72. The molecular weight excluding hydrogens is 154 g/mol. The van der Waals surface area contributed by atoms with Crippen LogP contribution in [0, 0.1) is 0 Å². The summed E-state index contributed by atoms with van der Waals surface area (Å²) in [6.45, 7) is 5.72. The van der Waals surface area contributed by atoms with Gasteiger partial charge in [-0.2, -0.15) is 11.8 Å². The molecular formula is C9H19NS. The predicted molar refractivity (Wildman–Crippen MR) is 53.2 cm³/mol. The summed E-state index contributed by atoms with van der Waals surface area (Å²) in [4.78, 5) is 0. The van der Waals surface area contributed by atoms with E-state index in [4.69, 9.17) is 0 Å². The summed E-state index contributed by atoms with van der Waals surface area (Å²) in [7, 11) is 0. The van der Waals surface area contributed by atoms with E-state index in [9.17, 15) is 0 Å². The Morgan fingerprint density at radius 3 is 3.00 bits per heavy atom. The van der Waals surface area contributed by atoms with E-state index in [1.165, 1.54) is 31.6 Å². The van der Waals surface area contributed by atoms with Crippen LogP contribution in [0.15, 0.2) is 0 Å². The minimum atomic E-state index is 0.705. The summed E-state index contributed by atoms with van der Waals surface area (Å²) >= 11 is 2.13. The molecule has 0 amide bonds. The summed E-state index contributed by atoms with van der Waals surface area (Å²) in [5, 5.41) is 4.46. The highest BCUT2D eigenvalue weighted by Gasteiger charge is 2.15. The number of thioether (sulfide) groups is 1. The van der Waals surface area contributed by atoms with Crippen LogP contribution in [0.4, 0.5) is 0 Å². The second kappa shape index (κ2) is 5.04. The van der Waals surface area contributed by atoms with E-state index in [2.05, 4.69) is 30.9 Å². The van der Waals surface area contributed by atoms with Gasteiger partial charge in [-0.25, -0.2) is 0 Å². The van der Waals surface area contributed by atoms with E-state index in [1.807, 2.05) is 0 Å². The average molecular weight is 173 g/mol. The summed E-state index contributed by atoms with van der Waals surface area (Å²) in [5.74, 6) is 1.38. The smallest absolute Gasteiger partial charge is 0.0172 e. The fourth-order valence-electron chi connectivity index (χ4n) is 1.28. The monoisotopic (exact) mass is 173 g/mol. The van der Waals surface area contributed by atoms with E-state index in [-0.39, 0.29) is 0 Å². The van der Waals surface area contributed by atoms with Crippen LogP contribution in [0.1, 0.15) is 33.1 Å². The van der Waals surface area contributed by atoms with Gasteiger partial charge in [0.1, 0.15) is 0 Å². The molecule has 1 nitrogen and oxygen atoms in total. The highest BCUT2D eigenvalue weighted by atomic mass is 32.2. The average Bonchev–Trinajstić information content (AvgIpc) is 2.52. The van der Waals surface area contributed by atoms with Gasteiger partial charge in [-0.3, -0.25) is 0 Å². The van der Waals surface area contributed by atoms with Gasteiger partial charge in [0.2, 0.25) is 0 Å². The summed E-state index contributed by atoms with van der Waals surface area (Å²) in [5.41, 5.74) is 0. The van der Waals surface area contributed by atoms with E-state index in [0.29, 0.717) is 6.04 Å². The molecule has 0 aromatic rings. The lowest BCUT2D eigenvalue weighted by atomic mass is 10.2. The molecule has 66 valence electrons. The number of hydrogen-bond donors (Lipinski definition) is 1. The lowest BCUT2D eigenvalue weighted by molar-refractivity contribution is 0.526. The van der Waals surface area contributed by atoms with E-state index in [1.54, 1.807) is 0 Å². The summed E-state index contributed by atoms with van der Waals surface area (Å²) < 4.78 is 0. The fourth-order valence-corrected chi connectivity index (χ4v) is 2.50. The summed E-state index contributed by atoms with van der Waals surface area (Å²) in [6.07, 6.45) is 4.10. The van der Waals surface area contributed by atoms with E-state index < -0.39 is 0 Å². The molecule has 1 aliphatic heterocycles. The van der Waals surface area contributed by atoms with Crippen LogP contribution in [-0.4, -0.2) is 23.6 Å². The van der Waals surface area contributed by atoms with Gasteiger partial charge in [-0.1, -0.05) is 6.92 Å². The fraction of sp³-hybridized carbons (Fsp3) is 1.00. The lowest BCUT2D eigenvalue weighted by Gasteiger charge is -2.14. The van der Waals surface area contributed by atoms with Crippen molar-refractivity contribution in [2.45, 2.75) is 44.4 Å². The normalized spacial score (nSPS) is 27.3. The zero-order valence-corrected chi connectivity index (χ0v) is 8.41. The van der Waals surface area contributed by atoms with E-state index >= 15 is 0 Å². The molecule has 11 heavy (non-hydrogen) atoms. The third-order valence-electron chi connectivity index (χ3n) is 2.33. The predicted octanol–water partition coefficient (Wildman–Crippen LogP) is 2.27. The van der Waals surface area contributed by atoms with Crippen LogP contribution in [0.2, 0.25) is 0 Å². The van der Waals surface area contributed by atoms with Crippen molar-refractivity contribution in [2.75, 3.05) is 12.3 Å². The van der Waals surface area contributed by atoms with Crippen molar-refractivity contribution in [3.05, 3.63) is 0 Å². The first-order chi connectivity index (χ1) is 5.33. The zero-order chi connectivity index (χ0) is 8.10. The van der Waals surface area contributed by atoms with E-state index in [0.717, 1.165) is 5.25 Å². The van der Waals surface area contributed by atoms with Crippen molar-refractivity contribution in [1.82, 2.24) is 5.32 Å². The molecule has 1 fully saturated rings. The van der Waals surface area contributed by atoms with Gasteiger partial charge in [-0.15, -0.1) is 0 Å². The first kappa shape index (κ1) is 9.40. The topological polar surface area (TPSA) is 12.0 Å². The number of rotatable bonds is 4. The molecule has 2 atom stereocenters. The molecule has 0 bridgehead atoms. The van der Waals surface area contributed by atoms with Crippen molar-refractivity contribution >= 4 is 11.8 Å². The van der Waals surface area contributed by atoms with Gasteiger partial charge in [0.05, 0.1) is 0 Å². The van der Waals surface area contributed by atoms with Crippen LogP contribution in [0.3, 0.4) is 0 Å². The van der Waals surface area contributed by atoms with Gasteiger partial charge < -0.3 is 5.32 Å². The minimum Gasteiger partial charge on any atom is -0.313 e. The molecule has 1 saturated heterocycles. The maximum Gasteiger partial charge on any atom is 0.0172 e. The van der Waals surface area contributed by atoms with Crippen LogP contribution >= 0.6 is 11.8 Å². The molecule has 1 heterocycles. The number of hydrogen-bond acceptors (Lipinski definition) is 2. The molecule has 1 rings (SSSR count). The Morgan fingerprint density at radius 2 is 2.45 bits per heavy atom. The molecule has 2 unspecified atom stereocenters. The van der Waals surface area contributed by atoms with Crippen LogP contribution in [-0.2, 0) is 0 Å². The first-order valence-electron chi connectivity index (χ1n) is 4.68. The largest absolute Gasteiger partial charge is 0.313 e. The SMILES string of the molecule is CCC(C)NCC1CCCS1. The molecule has 0 aromatic heterocycles. The molecule has 0 saturated carbocycles. The van der Waals surface area contributed by atoms with Gasteiger partial charge >= 0.3 is 0 Å². The zero-order valence-electron chi connectivity index (χ0n) is 7.60. The molecule has 0 aliphatic carbocycles. The van der Waals surface area contributed by atoms with Gasteiger partial charge in [0, 0.05) is 17.8 Å². The summed E-state index contributed by atoms with van der Waals surface area (Å²) in [6, 6.07) is 0.705. The minimum absolute atomic E-state index is 0.705. The number of nitrogens with one attached hydrogen (secondary N) is 1. The molecule has 0 radical (unpaired) electrons. The second-order valence-corrected chi connectivity index (χ2v) is 4.76. The van der Waals surface area contributed by atoms with Crippen LogP contribution < -0.4 is 5.32 Å². The third kappa shape index (κ3) is 3.48. The Morgan fingerprint density at radius 1 is 1.64 bits per heavy atom. The Bertz CT molecular complexity index is 99.7. The Kier molecular flexibility index (Phi) is 4.31. The second-order valence-electron chi connectivity index (χ2n) is 3.35. The molecule has 2 heteroatoms. The molecule has 0 aromatic carbocycles. The van der Waals surface area contributed by atoms with Gasteiger partial charge in [0.15, 0.2) is 0 Å². The van der Waals surface area contributed by atoms with Crippen molar-refractivity contribution in [1.29, 1.82) is 0 Å². The quantitative estimate of drug-likeness (QED) is 0.700. The molecule has 1 aliphatic rings. The highest BCUT2D eigenvalue weighted by Crippen LogP contribution is 2.25. The third-order valence-corrected chi connectivity index (χ3v) is 3.73. The van der Waals surface area contributed by atoms with Gasteiger partial charge in [-0.05, 0) is 31.9 Å². The van der Waals surface area contributed by atoms with Crippen molar-refractivity contribution < 1.29 is 0 Å².